The number of rotatable bonds is 4. The third-order valence-electron chi connectivity index (χ3n) is 4.52. The first kappa shape index (κ1) is 14.3. The van der Waals surface area contributed by atoms with Gasteiger partial charge in [0, 0.05) is 24.1 Å². The zero-order chi connectivity index (χ0) is 14.7. The summed E-state index contributed by atoms with van der Waals surface area (Å²) in [4.78, 5) is 0. The minimum atomic E-state index is 0.500. The fraction of sp³-hybridized carbons (Fsp3) is 0.500. The van der Waals surface area contributed by atoms with Crippen molar-refractivity contribution in [1.82, 2.24) is 15.1 Å². The first-order chi connectivity index (χ1) is 10.3. The summed E-state index contributed by atoms with van der Waals surface area (Å²) in [6.07, 6.45) is 4.40. The summed E-state index contributed by atoms with van der Waals surface area (Å²) < 4.78 is 2.31. The van der Waals surface area contributed by atoms with Gasteiger partial charge in [0.05, 0.1) is 17.4 Å². The molecule has 2 aromatic rings. The lowest BCUT2D eigenvalue weighted by Gasteiger charge is -2.18. The zero-order valence-electron chi connectivity index (χ0n) is 13.1. The predicted molar refractivity (Wildman–Crippen MR) is 87.6 cm³/mol. The van der Waals surface area contributed by atoms with Crippen molar-refractivity contribution in [3.05, 3.63) is 41.6 Å². The van der Waals surface area contributed by atoms with Gasteiger partial charge >= 0.3 is 0 Å². The first-order valence-electron chi connectivity index (χ1n) is 8.21. The molecule has 1 N–H and O–H groups in total. The highest BCUT2D eigenvalue weighted by molar-refractivity contribution is 5.65. The second-order valence-corrected chi connectivity index (χ2v) is 5.80. The molecule has 3 rings (SSSR count). The molecular weight excluding hydrogens is 258 g/mol. The summed E-state index contributed by atoms with van der Waals surface area (Å²) >= 11 is 0. The van der Waals surface area contributed by atoms with Gasteiger partial charge in [-0.15, -0.1) is 0 Å². The molecule has 2 heterocycles. The van der Waals surface area contributed by atoms with Crippen LogP contribution in [0, 0.1) is 0 Å². The summed E-state index contributed by atoms with van der Waals surface area (Å²) in [7, 11) is 0. The van der Waals surface area contributed by atoms with Gasteiger partial charge in [0.1, 0.15) is 0 Å². The Kier molecular flexibility index (Phi) is 4.39. The van der Waals surface area contributed by atoms with Crippen LogP contribution in [-0.2, 0) is 12.8 Å². The Morgan fingerprint density at radius 3 is 2.52 bits per heavy atom. The molecule has 112 valence electrons. The van der Waals surface area contributed by atoms with E-state index in [1.807, 2.05) is 0 Å². The Labute approximate surface area is 127 Å². The zero-order valence-corrected chi connectivity index (χ0v) is 13.1. The van der Waals surface area contributed by atoms with Gasteiger partial charge in [-0.25, -0.2) is 0 Å². The van der Waals surface area contributed by atoms with Gasteiger partial charge in [-0.05, 0) is 25.8 Å². The van der Waals surface area contributed by atoms with Crippen molar-refractivity contribution in [2.75, 3.05) is 13.1 Å². The van der Waals surface area contributed by atoms with Crippen LogP contribution in [0.2, 0.25) is 0 Å². The number of fused-ring (bicyclic) bond motifs is 1. The average molecular weight is 283 g/mol. The predicted octanol–water partition coefficient (Wildman–Crippen LogP) is 3.60. The summed E-state index contributed by atoms with van der Waals surface area (Å²) in [5.74, 6) is 0. The fourth-order valence-electron chi connectivity index (χ4n) is 3.33. The largest absolute Gasteiger partial charge is 0.316 e. The summed E-state index contributed by atoms with van der Waals surface area (Å²) in [5, 5.41) is 8.49. The maximum absolute atomic E-state index is 5.01. The molecule has 1 aliphatic rings. The van der Waals surface area contributed by atoms with Crippen LogP contribution >= 0.6 is 0 Å². The SMILES string of the molecule is CCC(CC)n1nc2c(c1-c1ccccc1)CCNCC2. The smallest absolute Gasteiger partial charge is 0.0720 e. The molecule has 1 aliphatic heterocycles. The van der Waals surface area contributed by atoms with Gasteiger partial charge in [-0.1, -0.05) is 44.2 Å². The number of nitrogens with one attached hydrogen (secondary N) is 1. The first-order valence-corrected chi connectivity index (χ1v) is 8.21. The van der Waals surface area contributed by atoms with E-state index >= 15 is 0 Å². The van der Waals surface area contributed by atoms with E-state index in [9.17, 15) is 0 Å². The van der Waals surface area contributed by atoms with Crippen molar-refractivity contribution in [3.8, 4) is 11.3 Å². The number of hydrogen-bond donors (Lipinski definition) is 1. The molecule has 3 nitrogen and oxygen atoms in total. The lowest BCUT2D eigenvalue weighted by atomic mass is 10.0. The molecule has 0 saturated heterocycles. The Bertz CT molecular complexity index is 582. The van der Waals surface area contributed by atoms with E-state index in [1.54, 1.807) is 0 Å². The Morgan fingerprint density at radius 1 is 1.10 bits per heavy atom. The third-order valence-corrected chi connectivity index (χ3v) is 4.52. The summed E-state index contributed by atoms with van der Waals surface area (Å²) in [5.41, 5.74) is 5.41. The van der Waals surface area contributed by atoms with E-state index in [-0.39, 0.29) is 0 Å². The van der Waals surface area contributed by atoms with E-state index in [4.69, 9.17) is 5.10 Å². The fourth-order valence-corrected chi connectivity index (χ4v) is 3.33. The highest BCUT2D eigenvalue weighted by Gasteiger charge is 2.23. The molecule has 0 bridgehead atoms. The number of hydrogen-bond acceptors (Lipinski definition) is 2. The lowest BCUT2D eigenvalue weighted by Crippen LogP contribution is -2.18. The molecule has 0 atom stereocenters. The van der Waals surface area contributed by atoms with Crippen molar-refractivity contribution in [3.63, 3.8) is 0 Å². The summed E-state index contributed by atoms with van der Waals surface area (Å²) in [6.45, 7) is 6.62. The molecule has 0 unspecified atom stereocenters. The van der Waals surface area contributed by atoms with Gasteiger partial charge < -0.3 is 5.32 Å². The molecule has 3 heteroatoms. The molecule has 0 radical (unpaired) electrons. The maximum Gasteiger partial charge on any atom is 0.0720 e. The van der Waals surface area contributed by atoms with E-state index in [0.717, 1.165) is 38.8 Å². The topological polar surface area (TPSA) is 29.9 Å². The molecule has 0 aliphatic carbocycles. The number of aromatic nitrogens is 2. The van der Waals surface area contributed by atoms with Crippen LogP contribution < -0.4 is 5.32 Å². The van der Waals surface area contributed by atoms with Crippen LogP contribution in [0.15, 0.2) is 30.3 Å². The minimum Gasteiger partial charge on any atom is -0.316 e. The molecule has 21 heavy (non-hydrogen) atoms. The minimum absolute atomic E-state index is 0.500. The van der Waals surface area contributed by atoms with Gasteiger partial charge in [-0.3, -0.25) is 4.68 Å². The maximum atomic E-state index is 5.01. The normalized spacial score (nSPS) is 15.0. The van der Waals surface area contributed by atoms with E-state index in [1.165, 1.54) is 22.5 Å². The van der Waals surface area contributed by atoms with E-state index in [0.29, 0.717) is 6.04 Å². The van der Waals surface area contributed by atoms with E-state index < -0.39 is 0 Å². The van der Waals surface area contributed by atoms with Crippen LogP contribution in [0.1, 0.15) is 44.0 Å². The lowest BCUT2D eigenvalue weighted by molar-refractivity contribution is 0.429. The second-order valence-electron chi connectivity index (χ2n) is 5.80. The highest BCUT2D eigenvalue weighted by atomic mass is 15.3. The van der Waals surface area contributed by atoms with Gasteiger partial charge in [-0.2, -0.15) is 5.10 Å². The van der Waals surface area contributed by atoms with Crippen molar-refractivity contribution in [2.45, 2.75) is 45.6 Å². The molecule has 0 spiro atoms. The van der Waals surface area contributed by atoms with Gasteiger partial charge in [0.15, 0.2) is 0 Å². The molecule has 1 aromatic carbocycles. The average Bonchev–Trinajstić information content (AvgIpc) is 2.72. The van der Waals surface area contributed by atoms with Gasteiger partial charge in [0.2, 0.25) is 0 Å². The third kappa shape index (κ3) is 2.75. The van der Waals surface area contributed by atoms with Gasteiger partial charge in [0.25, 0.3) is 0 Å². The molecule has 0 fully saturated rings. The second kappa shape index (κ2) is 6.44. The quantitative estimate of drug-likeness (QED) is 0.929. The Morgan fingerprint density at radius 2 is 1.81 bits per heavy atom. The van der Waals surface area contributed by atoms with Crippen molar-refractivity contribution in [1.29, 1.82) is 0 Å². The van der Waals surface area contributed by atoms with Crippen molar-refractivity contribution < 1.29 is 0 Å². The molecule has 1 aromatic heterocycles. The van der Waals surface area contributed by atoms with Crippen LogP contribution in [0.4, 0.5) is 0 Å². The van der Waals surface area contributed by atoms with Crippen LogP contribution in [0.5, 0.6) is 0 Å². The Balaban J connectivity index is 2.15. The molecule has 0 saturated carbocycles. The van der Waals surface area contributed by atoms with Crippen molar-refractivity contribution >= 4 is 0 Å². The van der Waals surface area contributed by atoms with Crippen LogP contribution in [0.3, 0.4) is 0 Å². The van der Waals surface area contributed by atoms with Crippen LogP contribution in [0.25, 0.3) is 11.3 Å². The Hall–Kier alpha value is -1.61. The van der Waals surface area contributed by atoms with Crippen LogP contribution in [-0.4, -0.2) is 22.9 Å². The standard InChI is InChI=1S/C18H25N3/c1-3-15(4-2)21-18(14-8-6-5-7-9-14)16-10-12-19-13-11-17(16)20-21/h5-9,15,19H,3-4,10-13H2,1-2H3. The monoisotopic (exact) mass is 283 g/mol. The number of benzene rings is 1. The number of nitrogens with zero attached hydrogens (tertiary/aromatic N) is 2. The molecule has 0 amide bonds. The summed E-state index contributed by atoms with van der Waals surface area (Å²) in [6, 6.07) is 11.3. The highest BCUT2D eigenvalue weighted by Crippen LogP contribution is 2.32. The molecular formula is C18H25N3. The van der Waals surface area contributed by atoms with Crippen molar-refractivity contribution in [2.24, 2.45) is 0 Å². The van der Waals surface area contributed by atoms with E-state index in [2.05, 4.69) is 54.2 Å².